The highest BCUT2D eigenvalue weighted by atomic mass is 15.1. The van der Waals surface area contributed by atoms with Crippen molar-refractivity contribution in [3.63, 3.8) is 0 Å². The maximum absolute atomic E-state index is 4.19. The molecular formula is C16H25N3. The number of rotatable bonds is 4. The summed E-state index contributed by atoms with van der Waals surface area (Å²) in [6, 6.07) is 2.65. The van der Waals surface area contributed by atoms with Crippen molar-refractivity contribution in [3.05, 3.63) is 35.7 Å². The molecule has 1 saturated heterocycles. The van der Waals surface area contributed by atoms with Crippen molar-refractivity contribution in [3.8, 4) is 0 Å². The summed E-state index contributed by atoms with van der Waals surface area (Å²) in [5, 5.41) is 3.63. The molecule has 1 fully saturated rings. The maximum Gasteiger partial charge on any atom is 0.0558 e. The highest BCUT2D eigenvalue weighted by Crippen LogP contribution is 2.18. The molecule has 3 nitrogen and oxygen atoms in total. The molecule has 1 aliphatic heterocycles. The van der Waals surface area contributed by atoms with Crippen LogP contribution in [0, 0.1) is 6.92 Å². The van der Waals surface area contributed by atoms with E-state index >= 15 is 0 Å². The fraction of sp³-hybridized carbons (Fsp3) is 0.562. The van der Waals surface area contributed by atoms with Crippen LogP contribution in [-0.4, -0.2) is 35.6 Å². The van der Waals surface area contributed by atoms with E-state index in [1.807, 2.05) is 12.4 Å². The van der Waals surface area contributed by atoms with Crippen molar-refractivity contribution in [2.45, 2.75) is 39.7 Å². The van der Waals surface area contributed by atoms with Crippen LogP contribution in [0.15, 0.2) is 30.1 Å². The number of piperidine rings is 1. The van der Waals surface area contributed by atoms with E-state index in [1.54, 1.807) is 0 Å². The van der Waals surface area contributed by atoms with Gasteiger partial charge in [0, 0.05) is 31.9 Å². The normalized spacial score (nSPS) is 17.2. The van der Waals surface area contributed by atoms with Gasteiger partial charge in [0.2, 0.25) is 0 Å². The van der Waals surface area contributed by atoms with E-state index in [-0.39, 0.29) is 0 Å². The molecule has 3 heteroatoms. The Kier molecular flexibility index (Phi) is 4.97. The number of nitrogens with one attached hydrogen (secondary N) is 1. The summed E-state index contributed by atoms with van der Waals surface area (Å²) in [7, 11) is 0. The summed E-state index contributed by atoms with van der Waals surface area (Å²) in [5.41, 5.74) is 3.87. The van der Waals surface area contributed by atoms with Crippen molar-refractivity contribution in [2.24, 2.45) is 0 Å². The second-order valence-electron chi connectivity index (χ2n) is 5.69. The molecule has 0 spiro atoms. The van der Waals surface area contributed by atoms with Crippen LogP contribution in [0.25, 0.3) is 0 Å². The predicted molar refractivity (Wildman–Crippen MR) is 81.5 cm³/mol. The summed E-state index contributed by atoms with van der Waals surface area (Å²) in [5.74, 6) is 0. The molecule has 0 bridgehead atoms. The number of allylic oxidation sites excluding steroid dienone is 1. The fourth-order valence-corrected chi connectivity index (χ4v) is 2.41. The third kappa shape index (κ3) is 4.35. The number of anilines is 1. The molecule has 1 aromatic heterocycles. The Bertz CT molecular complexity index is 427. The highest BCUT2D eigenvalue weighted by molar-refractivity contribution is 5.48. The van der Waals surface area contributed by atoms with Crippen LogP contribution in [0.3, 0.4) is 0 Å². The topological polar surface area (TPSA) is 28.2 Å². The van der Waals surface area contributed by atoms with Gasteiger partial charge in [-0.1, -0.05) is 11.6 Å². The minimum absolute atomic E-state index is 0.589. The molecule has 0 aliphatic carbocycles. The van der Waals surface area contributed by atoms with E-state index in [2.05, 4.69) is 48.1 Å². The van der Waals surface area contributed by atoms with Crippen LogP contribution < -0.4 is 5.32 Å². The summed E-state index contributed by atoms with van der Waals surface area (Å²) in [6.07, 6.45) is 8.53. The summed E-state index contributed by atoms with van der Waals surface area (Å²) < 4.78 is 0. The van der Waals surface area contributed by atoms with Crippen LogP contribution >= 0.6 is 0 Å². The molecule has 0 saturated carbocycles. The Hall–Kier alpha value is -1.35. The van der Waals surface area contributed by atoms with Gasteiger partial charge < -0.3 is 5.32 Å². The zero-order valence-corrected chi connectivity index (χ0v) is 12.3. The minimum Gasteiger partial charge on any atom is -0.381 e. The molecule has 104 valence electrons. The van der Waals surface area contributed by atoms with Gasteiger partial charge in [0.05, 0.1) is 11.9 Å². The zero-order chi connectivity index (χ0) is 13.7. The Morgan fingerprint density at radius 3 is 2.79 bits per heavy atom. The van der Waals surface area contributed by atoms with E-state index in [4.69, 9.17) is 0 Å². The van der Waals surface area contributed by atoms with Crippen LogP contribution in [0.1, 0.15) is 32.3 Å². The molecule has 2 heterocycles. The minimum atomic E-state index is 0.589. The molecule has 0 aromatic carbocycles. The lowest BCUT2D eigenvalue weighted by molar-refractivity contribution is 0.240. The van der Waals surface area contributed by atoms with Crippen molar-refractivity contribution in [1.29, 1.82) is 0 Å². The predicted octanol–water partition coefficient (Wildman–Crippen LogP) is 3.23. The monoisotopic (exact) mass is 259 g/mol. The zero-order valence-electron chi connectivity index (χ0n) is 12.3. The van der Waals surface area contributed by atoms with E-state index in [9.17, 15) is 0 Å². The second kappa shape index (κ2) is 6.71. The van der Waals surface area contributed by atoms with Gasteiger partial charge in [-0.2, -0.15) is 0 Å². The van der Waals surface area contributed by atoms with E-state index in [1.165, 1.54) is 42.8 Å². The SMILES string of the molecule is CC(C)=CCN1CCC(Nc2cnccc2C)CC1. The lowest BCUT2D eigenvalue weighted by Gasteiger charge is -2.32. The fourth-order valence-electron chi connectivity index (χ4n) is 2.41. The van der Waals surface area contributed by atoms with Crippen molar-refractivity contribution < 1.29 is 0 Å². The van der Waals surface area contributed by atoms with Gasteiger partial charge in [0.1, 0.15) is 0 Å². The lowest BCUT2D eigenvalue weighted by Crippen LogP contribution is -2.39. The first-order chi connectivity index (χ1) is 9.15. The van der Waals surface area contributed by atoms with Crippen molar-refractivity contribution in [2.75, 3.05) is 25.0 Å². The number of aromatic nitrogens is 1. The molecule has 1 aromatic rings. The average Bonchev–Trinajstić information content (AvgIpc) is 2.40. The molecule has 0 amide bonds. The molecule has 0 atom stereocenters. The van der Waals surface area contributed by atoms with Gasteiger partial charge in [0.15, 0.2) is 0 Å². The Labute approximate surface area is 116 Å². The number of hydrogen-bond donors (Lipinski definition) is 1. The first kappa shape index (κ1) is 14.1. The quantitative estimate of drug-likeness (QED) is 0.841. The Morgan fingerprint density at radius 2 is 2.16 bits per heavy atom. The van der Waals surface area contributed by atoms with Gasteiger partial charge in [-0.25, -0.2) is 0 Å². The lowest BCUT2D eigenvalue weighted by atomic mass is 10.0. The third-order valence-electron chi connectivity index (χ3n) is 3.74. The van der Waals surface area contributed by atoms with Gasteiger partial charge in [-0.15, -0.1) is 0 Å². The Morgan fingerprint density at radius 1 is 1.42 bits per heavy atom. The van der Waals surface area contributed by atoms with Gasteiger partial charge in [-0.3, -0.25) is 9.88 Å². The van der Waals surface area contributed by atoms with Crippen molar-refractivity contribution in [1.82, 2.24) is 9.88 Å². The van der Waals surface area contributed by atoms with Gasteiger partial charge in [-0.05, 0) is 45.2 Å². The standard InChI is InChI=1S/C16H25N3/c1-13(2)5-9-19-10-6-15(7-11-19)18-16-12-17-8-4-14(16)3/h4-5,8,12,15,18H,6-7,9-11H2,1-3H3. The number of hydrogen-bond acceptors (Lipinski definition) is 3. The molecule has 1 aliphatic rings. The van der Waals surface area contributed by atoms with Crippen LogP contribution in [0.2, 0.25) is 0 Å². The number of pyridine rings is 1. The smallest absolute Gasteiger partial charge is 0.0558 e. The maximum atomic E-state index is 4.19. The van der Waals surface area contributed by atoms with Gasteiger partial charge >= 0.3 is 0 Å². The van der Waals surface area contributed by atoms with E-state index in [0.29, 0.717) is 6.04 Å². The van der Waals surface area contributed by atoms with Gasteiger partial charge in [0.25, 0.3) is 0 Å². The third-order valence-corrected chi connectivity index (χ3v) is 3.74. The van der Waals surface area contributed by atoms with E-state index < -0.39 is 0 Å². The first-order valence-corrected chi connectivity index (χ1v) is 7.18. The molecule has 0 unspecified atom stereocenters. The first-order valence-electron chi connectivity index (χ1n) is 7.18. The number of likely N-dealkylation sites (tertiary alicyclic amines) is 1. The number of nitrogens with zero attached hydrogens (tertiary/aromatic N) is 2. The largest absolute Gasteiger partial charge is 0.381 e. The molecule has 0 radical (unpaired) electrons. The summed E-state index contributed by atoms with van der Waals surface area (Å²) >= 11 is 0. The summed E-state index contributed by atoms with van der Waals surface area (Å²) in [4.78, 5) is 6.72. The second-order valence-corrected chi connectivity index (χ2v) is 5.69. The van der Waals surface area contributed by atoms with Crippen LogP contribution in [0.4, 0.5) is 5.69 Å². The van der Waals surface area contributed by atoms with Crippen molar-refractivity contribution >= 4 is 5.69 Å². The Balaban J connectivity index is 1.81. The van der Waals surface area contributed by atoms with Crippen LogP contribution in [0.5, 0.6) is 0 Å². The number of aryl methyl sites for hydroxylation is 1. The highest BCUT2D eigenvalue weighted by Gasteiger charge is 2.18. The molecular weight excluding hydrogens is 234 g/mol. The average molecular weight is 259 g/mol. The van der Waals surface area contributed by atoms with Crippen LogP contribution in [-0.2, 0) is 0 Å². The summed E-state index contributed by atoms with van der Waals surface area (Å²) in [6.45, 7) is 9.93. The molecule has 1 N–H and O–H groups in total. The van der Waals surface area contributed by atoms with E-state index in [0.717, 1.165) is 6.54 Å². The molecule has 19 heavy (non-hydrogen) atoms. The molecule has 2 rings (SSSR count).